The van der Waals surface area contributed by atoms with Crippen molar-refractivity contribution >= 4 is 37.1 Å². The Morgan fingerprint density at radius 1 is 0.487 bits per heavy atom. The molecule has 0 heterocycles. The zero-order valence-electron chi connectivity index (χ0n) is 23.0. The minimum Gasteiger partial charge on any atom is -0.291 e. The van der Waals surface area contributed by atoms with E-state index in [9.17, 15) is 0 Å². The Labute approximate surface area is 238 Å². The van der Waals surface area contributed by atoms with E-state index in [0.717, 1.165) is 24.4 Å². The first-order valence-electron chi connectivity index (χ1n) is 14.9. The van der Waals surface area contributed by atoms with Crippen molar-refractivity contribution in [1.82, 2.24) is 4.90 Å². The van der Waals surface area contributed by atoms with Crippen molar-refractivity contribution < 1.29 is 0 Å². The van der Waals surface area contributed by atoms with E-state index in [0.29, 0.717) is 6.04 Å². The van der Waals surface area contributed by atoms with E-state index >= 15 is 0 Å². The van der Waals surface area contributed by atoms with Crippen molar-refractivity contribution in [2.24, 2.45) is 11.8 Å². The van der Waals surface area contributed by atoms with Gasteiger partial charge in [0.05, 0.1) is 0 Å². The first-order valence-corrected chi connectivity index (χ1v) is 17.9. The maximum absolute atomic E-state index is 3.01. The van der Waals surface area contributed by atoms with Gasteiger partial charge in [0.2, 0.25) is 0 Å². The molecular formula is C36H41NP2. The third kappa shape index (κ3) is 6.89. The lowest BCUT2D eigenvalue weighted by Gasteiger charge is -2.38. The fourth-order valence-electron chi connectivity index (χ4n) is 6.53. The summed E-state index contributed by atoms with van der Waals surface area (Å²) in [5.74, 6) is 1.84. The number of benzene rings is 4. The maximum atomic E-state index is 3.01. The molecule has 1 nitrogen and oxygen atoms in total. The highest BCUT2D eigenvalue weighted by Gasteiger charge is 2.45. The summed E-state index contributed by atoms with van der Waals surface area (Å²) in [6.45, 7) is 0. The minimum absolute atomic E-state index is 0.470. The first-order chi connectivity index (χ1) is 19.4. The van der Waals surface area contributed by atoms with Crippen LogP contribution in [0.4, 0.5) is 0 Å². The Morgan fingerprint density at radius 3 is 1.28 bits per heavy atom. The summed E-state index contributed by atoms with van der Waals surface area (Å²) >= 11 is 0. The lowest BCUT2D eigenvalue weighted by molar-refractivity contribution is 0.217. The predicted molar refractivity (Wildman–Crippen MR) is 173 cm³/mol. The molecule has 2 aliphatic carbocycles. The van der Waals surface area contributed by atoms with Crippen LogP contribution in [0.2, 0.25) is 0 Å². The molecule has 2 fully saturated rings. The fraction of sp³-hybridized carbons (Fsp3) is 0.333. The molecule has 3 atom stereocenters. The largest absolute Gasteiger partial charge is 0.291 e. The highest BCUT2D eigenvalue weighted by molar-refractivity contribution is 7.73. The average molecular weight is 550 g/mol. The topological polar surface area (TPSA) is 3.24 Å². The van der Waals surface area contributed by atoms with Crippen LogP contribution in [0.5, 0.6) is 0 Å². The van der Waals surface area contributed by atoms with Crippen LogP contribution in [0.15, 0.2) is 121 Å². The van der Waals surface area contributed by atoms with Crippen molar-refractivity contribution in [3.8, 4) is 0 Å². The Balaban J connectivity index is 1.39. The quantitative estimate of drug-likeness (QED) is 0.192. The van der Waals surface area contributed by atoms with Gasteiger partial charge in [0.25, 0.3) is 0 Å². The highest BCUT2D eigenvalue weighted by atomic mass is 31.1. The molecule has 0 spiro atoms. The zero-order valence-corrected chi connectivity index (χ0v) is 24.8. The number of fused-ring (bicyclic) bond motifs is 1. The Kier molecular flexibility index (Phi) is 9.22. The van der Waals surface area contributed by atoms with Gasteiger partial charge in [-0.3, -0.25) is 4.90 Å². The fourth-order valence-corrected chi connectivity index (χ4v) is 11.4. The minimum atomic E-state index is -0.470. The van der Waals surface area contributed by atoms with Crippen molar-refractivity contribution in [3.05, 3.63) is 121 Å². The molecule has 200 valence electrons. The number of hydrogen-bond donors (Lipinski definition) is 0. The maximum Gasteiger partial charge on any atom is 0.0272 e. The van der Waals surface area contributed by atoms with E-state index < -0.39 is 15.8 Å². The molecule has 0 aliphatic heterocycles. The Morgan fingerprint density at radius 2 is 0.872 bits per heavy atom. The molecule has 0 aromatic heterocycles. The second-order valence-electron chi connectivity index (χ2n) is 11.3. The first kappa shape index (κ1) is 26.9. The van der Waals surface area contributed by atoms with E-state index in [1.807, 2.05) is 0 Å². The van der Waals surface area contributed by atoms with Crippen LogP contribution in [0.1, 0.15) is 44.9 Å². The number of hydrogen-bond acceptors (Lipinski definition) is 1. The third-order valence-corrected chi connectivity index (χ3v) is 13.7. The monoisotopic (exact) mass is 549 g/mol. The van der Waals surface area contributed by atoms with E-state index in [4.69, 9.17) is 0 Å². The summed E-state index contributed by atoms with van der Waals surface area (Å²) in [7, 11) is -0.939. The molecule has 2 aliphatic rings. The molecule has 0 radical (unpaired) electrons. The van der Waals surface area contributed by atoms with Crippen molar-refractivity contribution in [2.75, 3.05) is 12.6 Å². The smallest absolute Gasteiger partial charge is 0.0272 e. The standard InChI is InChI=1S/C36H41NP2/c1-2-16-26-36(35-27-30(35)17-7-1)37(28-38(31-18-8-3-9-19-31)32-20-10-4-11-21-32)29-39(33-22-12-5-13-23-33)34-24-14-6-15-25-34/h3-6,8-15,18-25,30,35-36H,1-2,7,16-17,26-29H2. The van der Waals surface area contributed by atoms with Crippen LogP contribution in [-0.2, 0) is 0 Å². The van der Waals surface area contributed by atoms with Gasteiger partial charge in [-0.1, -0.05) is 153 Å². The number of rotatable bonds is 9. The summed E-state index contributed by atoms with van der Waals surface area (Å²) in [5.41, 5.74) is 0. The summed E-state index contributed by atoms with van der Waals surface area (Å²) in [5, 5.41) is 6.01. The van der Waals surface area contributed by atoms with Crippen LogP contribution < -0.4 is 21.2 Å². The van der Waals surface area contributed by atoms with Gasteiger partial charge in [-0.05, 0) is 61.7 Å². The molecule has 0 bridgehead atoms. The van der Waals surface area contributed by atoms with Crippen LogP contribution in [-0.4, -0.2) is 23.5 Å². The normalized spacial score (nSPS) is 21.3. The molecule has 39 heavy (non-hydrogen) atoms. The Hall–Kier alpha value is -2.30. The van der Waals surface area contributed by atoms with Gasteiger partial charge in [-0.2, -0.15) is 0 Å². The van der Waals surface area contributed by atoms with Crippen molar-refractivity contribution in [3.63, 3.8) is 0 Å². The molecule has 3 unspecified atom stereocenters. The van der Waals surface area contributed by atoms with Gasteiger partial charge in [0.15, 0.2) is 0 Å². The molecule has 0 saturated heterocycles. The average Bonchev–Trinajstić information content (AvgIpc) is 3.77. The van der Waals surface area contributed by atoms with E-state index in [1.165, 1.54) is 66.2 Å². The molecule has 6 rings (SSSR count). The van der Waals surface area contributed by atoms with Crippen LogP contribution in [0, 0.1) is 11.8 Å². The lowest BCUT2D eigenvalue weighted by Crippen LogP contribution is -2.41. The molecule has 3 heteroatoms. The molecule has 0 amide bonds. The van der Waals surface area contributed by atoms with E-state index in [2.05, 4.69) is 126 Å². The molecular weight excluding hydrogens is 508 g/mol. The van der Waals surface area contributed by atoms with Crippen molar-refractivity contribution in [2.45, 2.75) is 51.0 Å². The highest BCUT2D eigenvalue weighted by Crippen LogP contribution is 2.51. The summed E-state index contributed by atoms with van der Waals surface area (Å²) < 4.78 is 0. The molecule has 0 N–H and O–H groups in total. The summed E-state index contributed by atoms with van der Waals surface area (Å²) in [4.78, 5) is 3.01. The molecule has 4 aromatic rings. The van der Waals surface area contributed by atoms with Crippen molar-refractivity contribution in [1.29, 1.82) is 0 Å². The van der Waals surface area contributed by atoms with Gasteiger partial charge in [-0.15, -0.1) is 0 Å². The number of nitrogens with zero attached hydrogens (tertiary/aromatic N) is 1. The zero-order chi connectivity index (χ0) is 26.3. The van der Waals surface area contributed by atoms with Gasteiger partial charge >= 0.3 is 0 Å². The molecule has 4 aromatic carbocycles. The second kappa shape index (κ2) is 13.4. The van der Waals surface area contributed by atoms with Gasteiger partial charge < -0.3 is 0 Å². The lowest BCUT2D eigenvalue weighted by atomic mass is 10.0. The van der Waals surface area contributed by atoms with E-state index in [1.54, 1.807) is 0 Å². The van der Waals surface area contributed by atoms with Gasteiger partial charge in [0, 0.05) is 18.6 Å². The second-order valence-corrected chi connectivity index (χ2v) is 15.6. The Bertz CT molecular complexity index is 1100. The molecule has 2 saturated carbocycles. The van der Waals surface area contributed by atoms with Crippen LogP contribution >= 0.6 is 15.8 Å². The van der Waals surface area contributed by atoms with Crippen LogP contribution in [0.3, 0.4) is 0 Å². The van der Waals surface area contributed by atoms with Gasteiger partial charge in [0.1, 0.15) is 0 Å². The van der Waals surface area contributed by atoms with E-state index in [-0.39, 0.29) is 0 Å². The summed E-state index contributed by atoms with van der Waals surface area (Å²) in [6, 6.07) is 46.2. The van der Waals surface area contributed by atoms with Gasteiger partial charge in [-0.25, -0.2) is 0 Å². The third-order valence-electron chi connectivity index (χ3n) is 8.68. The van der Waals surface area contributed by atoms with Crippen LogP contribution in [0.25, 0.3) is 0 Å². The predicted octanol–water partition coefficient (Wildman–Crippen LogP) is 7.83. The summed E-state index contributed by atoms with van der Waals surface area (Å²) in [6.07, 6.45) is 12.2. The SMILES string of the molecule is c1ccc(P(CN(CP(c2ccccc2)c2ccccc2)C2CCCCCCC3CC32)c2ccccc2)cc1.